The van der Waals surface area contributed by atoms with Crippen molar-refractivity contribution in [2.45, 2.75) is 45.7 Å². The van der Waals surface area contributed by atoms with Crippen molar-refractivity contribution in [3.63, 3.8) is 0 Å². The Hall–Kier alpha value is -3.27. The molecule has 0 fully saturated rings. The maximum Gasteiger partial charge on any atom is 0.243 e. The summed E-state index contributed by atoms with van der Waals surface area (Å²) in [7, 11) is -3.62. The summed E-state index contributed by atoms with van der Waals surface area (Å²) in [6.45, 7) is 4.75. The van der Waals surface area contributed by atoms with Crippen molar-refractivity contribution in [1.29, 1.82) is 0 Å². The molecule has 1 N–H and O–H groups in total. The van der Waals surface area contributed by atoms with E-state index in [2.05, 4.69) is 5.32 Å². The van der Waals surface area contributed by atoms with Crippen LogP contribution in [0.1, 0.15) is 37.8 Å². The van der Waals surface area contributed by atoms with Crippen molar-refractivity contribution < 1.29 is 22.7 Å². The van der Waals surface area contributed by atoms with Gasteiger partial charge in [0.25, 0.3) is 0 Å². The van der Waals surface area contributed by atoms with Crippen LogP contribution in [0, 0.1) is 0 Å². The zero-order valence-electron chi connectivity index (χ0n) is 24.1. The van der Waals surface area contributed by atoms with Crippen LogP contribution in [-0.2, 0) is 32.6 Å². The summed E-state index contributed by atoms with van der Waals surface area (Å²) in [5.41, 5.74) is 2.01. The van der Waals surface area contributed by atoms with Gasteiger partial charge in [-0.25, -0.2) is 8.42 Å². The monoisotopic (exact) mass is 633 g/mol. The summed E-state index contributed by atoms with van der Waals surface area (Å²) < 4.78 is 32.0. The molecule has 3 rings (SSSR count). The van der Waals surface area contributed by atoms with E-state index in [4.69, 9.17) is 27.9 Å². The highest BCUT2D eigenvalue weighted by molar-refractivity contribution is 7.92. The summed E-state index contributed by atoms with van der Waals surface area (Å²) in [6, 6.07) is 20.4. The lowest BCUT2D eigenvalue weighted by atomic mass is 10.0. The largest absolute Gasteiger partial charge is 0.494 e. The highest BCUT2D eigenvalue weighted by Gasteiger charge is 2.30. The van der Waals surface area contributed by atoms with Gasteiger partial charge in [0.05, 0.1) is 18.6 Å². The number of ether oxygens (including phenoxy) is 1. The first kappa shape index (κ1) is 33.2. The average Bonchev–Trinajstić information content (AvgIpc) is 2.94. The van der Waals surface area contributed by atoms with Gasteiger partial charge in [0.2, 0.25) is 21.8 Å². The number of sulfonamides is 1. The van der Waals surface area contributed by atoms with Gasteiger partial charge in [-0.05, 0) is 67.8 Å². The predicted octanol–water partition coefficient (Wildman–Crippen LogP) is 5.71. The lowest BCUT2D eigenvalue weighted by Crippen LogP contribution is -2.50. The van der Waals surface area contributed by atoms with E-state index in [1.165, 1.54) is 9.21 Å². The zero-order chi connectivity index (χ0) is 30.7. The molecule has 0 unspecified atom stereocenters. The van der Waals surface area contributed by atoms with E-state index in [-0.39, 0.29) is 37.7 Å². The summed E-state index contributed by atoms with van der Waals surface area (Å²) >= 11 is 12.6. The molecule has 0 aromatic heterocycles. The maximum atomic E-state index is 13.8. The van der Waals surface area contributed by atoms with Gasteiger partial charge in [-0.1, -0.05) is 59.6 Å². The summed E-state index contributed by atoms with van der Waals surface area (Å²) in [5, 5.41) is 3.70. The third-order valence-electron chi connectivity index (χ3n) is 6.57. The molecule has 1 atom stereocenters. The zero-order valence-corrected chi connectivity index (χ0v) is 26.4. The van der Waals surface area contributed by atoms with Crippen LogP contribution in [0.4, 0.5) is 5.69 Å². The van der Waals surface area contributed by atoms with Crippen molar-refractivity contribution in [1.82, 2.24) is 10.2 Å². The minimum Gasteiger partial charge on any atom is -0.494 e. The first-order chi connectivity index (χ1) is 20.0. The van der Waals surface area contributed by atoms with Gasteiger partial charge in [-0.2, -0.15) is 0 Å². The number of anilines is 1. The lowest BCUT2D eigenvalue weighted by molar-refractivity contribution is -0.141. The number of amides is 2. The van der Waals surface area contributed by atoms with Gasteiger partial charge in [-0.3, -0.25) is 13.9 Å². The molecular formula is C31H37Cl2N3O5S. The molecule has 11 heteroatoms. The van der Waals surface area contributed by atoms with Crippen molar-refractivity contribution >= 4 is 50.7 Å². The first-order valence-electron chi connectivity index (χ1n) is 13.8. The molecule has 0 saturated carbocycles. The SMILES string of the molecule is CCNC(=O)[C@H](Cc1ccccc1)N(Cc1ccc(Cl)cc1Cl)C(=O)CCCN(c1ccc(OCC)cc1)S(C)(=O)=O. The number of hydrogen-bond donors (Lipinski definition) is 1. The van der Waals surface area contributed by atoms with Gasteiger partial charge >= 0.3 is 0 Å². The minimum atomic E-state index is -3.62. The minimum absolute atomic E-state index is 0.0129. The summed E-state index contributed by atoms with van der Waals surface area (Å²) in [4.78, 5) is 28.7. The molecule has 0 aliphatic heterocycles. The Morgan fingerprint density at radius 3 is 2.26 bits per heavy atom. The Bertz CT molecular complexity index is 1440. The number of carbonyl (C=O) groups is 2. The fourth-order valence-corrected chi connectivity index (χ4v) is 5.99. The smallest absolute Gasteiger partial charge is 0.243 e. The molecule has 0 radical (unpaired) electrons. The number of hydrogen-bond acceptors (Lipinski definition) is 5. The summed E-state index contributed by atoms with van der Waals surface area (Å²) in [5.74, 6) is 0.0523. The van der Waals surface area contributed by atoms with Crippen LogP contribution >= 0.6 is 23.2 Å². The fraction of sp³-hybridized carbons (Fsp3) is 0.355. The second-order valence-corrected chi connectivity index (χ2v) is 12.5. The number of carbonyl (C=O) groups excluding carboxylic acids is 2. The normalized spacial score (nSPS) is 11.9. The van der Waals surface area contributed by atoms with E-state index in [1.54, 1.807) is 42.5 Å². The Morgan fingerprint density at radius 1 is 0.976 bits per heavy atom. The highest BCUT2D eigenvalue weighted by atomic mass is 35.5. The molecule has 0 spiro atoms. The van der Waals surface area contributed by atoms with Gasteiger partial charge in [0.15, 0.2) is 0 Å². The number of halogens is 2. The number of rotatable bonds is 15. The first-order valence-corrected chi connectivity index (χ1v) is 16.4. The van der Waals surface area contributed by atoms with Gasteiger partial charge in [-0.15, -0.1) is 0 Å². The third-order valence-corrected chi connectivity index (χ3v) is 8.35. The van der Waals surface area contributed by atoms with Crippen LogP contribution < -0.4 is 14.4 Å². The molecule has 8 nitrogen and oxygen atoms in total. The van der Waals surface area contributed by atoms with Gasteiger partial charge in [0.1, 0.15) is 11.8 Å². The van der Waals surface area contributed by atoms with E-state index >= 15 is 0 Å². The predicted molar refractivity (Wildman–Crippen MR) is 169 cm³/mol. The van der Waals surface area contributed by atoms with Crippen molar-refractivity contribution in [3.05, 3.63) is 94.0 Å². The average molecular weight is 635 g/mol. The van der Waals surface area contributed by atoms with Crippen molar-refractivity contribution in [3.8, 4) is 5.75 Å². The number of benzene rings is 3. The molecule has 0 bridgehead atoms. The van der Waals surface area contributed by atoms with Crippen LogP contribution in [0.3, 0.4) is 0 Å². The standard InChI is InChI=1S/C31H37Cl2N3O5S/c1-4-34-31(38)29(20-23-10-7-6-8-11-23)35(22-24-13-14-25(32)21-28(24)33)30(37)12-9-19-36(42(3,39)40)26-15-17-27(18-16-26)41-5-2/h6-8,10-11,13-18,21,29H,4-5,9,12,19-20,22H2,1-3H3,(H,34,38)/t29-/m0/s1. The van der Waals surface area contributed by atoms with E-state index in [9.17, 15) is 18.0 Å². The highest BCUT2D eigenvalue weighted by Crippen LogP contribution is 2.26. The Kier molecular flexibility index (Phi) is 12.5. The van der Waals surface area contributed by atoms with Crippen LogP contribution in [0.2, 0.25) is 10.0 Å². The summed E-state index contributed by atoms with van der Waals surface area (Å²) in [6.07, 6.45) is 1.67. The molecule has 0 saturated heterocycles. The molecule has 2 amide bonds. The molecule has 0 aliphatic rings. The fourth-order valence-electron chi connectivity index (χ4n) is 4.56. The van der Waals surface area contributed by atoms with Crippen LogP contribution in [-0.4, -0.2) is 57.1 Å². The number of likely N-dealkylation sites (N-methyl/N-ethyl adjacent to an activating group) is 1. The Balaban J connectivity index is 1.87. The second kappa shape index (κ2) is 15.8. The molecule has 0 heterocycles. The Morgan fingerprint density at radius 2 is 1.67 bits per heavy atom. The lowest BCUT2D eigenvalue weighted by Gasteiger charge is -2.32. The molecule has 3 aromatic rings. The van der Waals surface area contributed by atoms with E-state index in [1.807, 2.05) is 44.2 Å². The molecule has 0 aliphatic carbocycles. The van der Waals surface area contributed by atoms with Crippen molar-refractivity contribution in [2.24, 2.45) is 0 Å². The molecule has 226 valence electrons. The second-order valence-electron chi connectivity index (χ2n) is 9.72. The molecule has 42 heavy (non-hydrogen) atoms. The Labute approximate surface area is 258 Å². The quantitative estimate of drug-likeness (QED) is 0.231. The van der Waals surface area contributed by atoms with Crippen molar-refractivity contribution in [2.75, 3.05) is 30.3 Å². The number of nitrogens with one attached hydrogen (secondary N) is 1. The van der Waals surface area contributed by atoms with Gasteiger partial charge in [0, 0.05) is 42.5 Å². The van der Waals surface area contributed by atoms with E-state index in [0.717, 1.165) is 11.8 Å². The van der Waals surface area contributed by atoms with E-state index in [0.29, 0.717) is 46.6 Å². The van der Waals surface area contributed by atoms with Crippen LogP contribution in [0.15, 0.2) is 72.8 Å². The maximum absolute atomic E-state index is 13.8. The van der Waals surface area contributed by atoms with Gasteiger partial charge < -0.3 is 15.0 Å². The molecular weight excluding hydrogens is 597 g/mol. The topological polar surface area (TPSA) is 96.0 Å². The molecule has 3 aromatic carbocycles. The van der Waals surface area contributed by atoms with E-state index < -0.39 is 16.1 Å². The van der Waals surface area contributed by atoms with Crippen LogP contribution in [0.25, 0.3) is 0 Å². The van der Waals surface area contributed by atoms with Crippen LogP contribution in [0.5, 0.6) is 5.75 Å². The third kappa shape index (κ3) is 9.64. The number of nitrogens with zero attached hydrogens (tertiary/aromatic N) is 2.